The smallest absolute Gasteiger partial charge is 0.137 e. The minimum absolute atomic E-state index is 0.0478. The number of allylic oxidation sites excluding steroid dienone is 1. The van der Waals surface area contributed by atoms with Gasteiger partial charge in [-0.3, -0.25) is 4.79 Å². The Kier molecular flexibility index (Phi) is 6.51. The lowest BCUT2D eigenvalue weighted by atomic mass is 9.45. The molecule has 0 heterocycles. The molecule has 3 fully saturated rings. The number of ketones is 1. The highest BCUT2D eigenvalue weighted by atomic mass is 16.3. The predicted molar refractivity (Wildman–Crippen MR) is 130 cm³/mol. The standard InChI is InChI=1S/C29H48O3/c1-7-29(32)15-14-27(5)20(16-29)9-10-21-23-12-11-22(19(4)8-13-24(30)18(2)3)28(23,6)17-25(31)26(21)27/h9,18-19,21-24,26,30,32H,7-8,10-17H2,1-6H3/t19-,21+,22-,23+,24-,26-,27+,28-,29+/m1/s1. The fraction of sp³-hybridized carbons (Fsp3) is 0.897. The zero-order valence-corrected chi connectivity index (χ0v) is 21.5. The van der Waals surface area contributed by atoms with Crippen LogP contribution in [0.15, 0.2) is 11.6 Å². The molecule has 0 unspecified atom stereocenters. The van der Waals surface area contributed by atoms with E-state index in [0.717, 1.165) is 51.4 Å². The van der Waals surface area contributed by atoms with E-state index in [0.29, 0.717) is 35.4 Å². The van der Waals surface area contributed by atoms with E-state index in [2.05, 4.69) is 47.6 Å². The highest BCUT2D eigenvalue weighted by molar-refractivity contribution is 5.85. The zero-order chi connectivity index (χ0) is 23.5. The molecule has 2 N–H and O–H groups in total. The van der Waals surface area contributed by atoms with Gasteiger partial charge < -0.3 is 10.2 Å². The zero-order valence-electron chi connectivity index (χ0n) is 21.5. The van der Waals surface area contributed by atoms with Gasteiger partial charge >= 0.3 is 0 Å². The van der Waals surface area contributed by atoms with Gasteiger partial charge in [-0.25, -0.2) is 0 Å². The Balaban J connectivity index is 1.55. The van der Waals surface area contributed by atoms with Crippen LogP contribution in [0, 0.1) is 46.3 Å². The van der Waals surface area contributed by atoms with E-state index >= 15 is 0 Å². The van der Waals surface area contributed by atoms with Crippen molar-refractivity contribution in [3.8, 4) is 0 Å². The van der Waals surface area contributed by atoms with Crippen LogP contribution in [0.25, 0.3) is 0 Å². The van der Waals surface area contributed by atoms with Crippen LogP contribution >= 0.6 is 0 Å². The number of hydrogen-bond acceptors (Lipinski definition) is 3. The van der Waals surface area contributed by atoms with E-state index in [1.54, 1.807) is 0 Å². The van der Waals surface area contributed by atoms with E-state index in [1.165, 1.54) is 18.4 Å². The summed E-state index contributed by atoms with van der Waals surface area (Å²) in [4.78, 5) is 13.9. The van der Waals surface area contributed by atoms with Gasteiger partial charge in [0.05, 0.1) is 11.7 Å². The molecule has 0 aromatic carbocycles. The molecule has 32 heavy (non-hydrogen) atoms. The molecule has 0 amide bonds. The maximum absolute atomic E-state index is 13.9. The average molecular weight is 445 g/mol. The molecule has 0 bridgehead atoms. The van der Waals surface area contributed by atoms with Crippen LogP contribution in [0.2, 0.25) is 0 Å². The molecule has 182 valence electrons. The first kappa shape index (κ1) is 24.5. The van der Waals surface area contributed by atoms with Gasteiger partial charge in [-0.15, -0.1) is 0 Å². The largest absolute Gasteiger partial charge is 0.393 e. The lowest BCUT2D eigenvalue weighted by molar-refractivity contribution is -0.147. The van der Waals surface area contributed by atoms with E-state index in [9.17, 15) is 15.0 Å². The Morgan fingerprint density at radius 1 is 1.09 bits per heavy atom. The van der Waals surface area contributed by atoms with Crippen molar-refractivity contribution in [2.75, 3.05) is 0 Å². The highest BCUT2D eigenvalue weighted by Gasteiger charge is 2.62. The van der Waals surface area contributed by atoms with Crippen molar-refractivity contribution in [2.24, 2.45) is 46.3 Å². The summed E-state index contributed by atoms with van der Waals surface area (Å²) >= 11 is 0. The molecule has 3 heteroatoms. The summed E-state index contributed by atoms with van der Waals surface area (Å²) < 4.78 is 0. The van der Waals surface area contributed by atoms with Gasteiger partial charge in [0.25, 0.3) is 0 Å². The van der Waals surface area contributed by atoms with Gasteiger partial charge in [-0.05, 0) is 98.2 Å². The molecular weight excluding hydrogens is 396 g/mol. The fourth-order valence-electron chi connectivity index (χ4n) is 8.78. The number of fused-ring (bicyclic) bond motifs is 5. The quantitative estimate of drug-likeness (QED) is 0.471. The first-order valence-corrected chi connectivity index (χ1v) is 13.6. The topological polar surface area (TPSA) is 57.5 Å². The number of Topliss-reactive ketones (excluding diaryl/α,β-unsaturated/α-hetero) is 1. The Morgan fingerprint density at radius 2 is 1.81 bits per heavy atom. The fourth-order valence-corrected chi connectivity index (χ4v) is 8.78. The molecule has 0 saturated heterocycles. The van der Waals surface area contributed by atoms with Crippen molar-refractivity contribution in [1.82, 2.24) is 0 Å². The molecule has 0 radical (unpaired) electrons. The molecule has 0 spiro atoms. The molecule has 4 rings (SSSR count). The van der Waals surface area contributed by atoms with E-state index in [4.69, 9.17) is 0 Å². The minimum Gasteiger partial charge on any atom is -0.393 e. The van der Waals surface area contributed by atoms with E-state index in [1.807, 2.05) is 0 Å². The van der Waals surface area contributed by atoms with Crippen molar-refractivity contribution in [2.45, 2.75) is 117 Å². The molecule has 0 aromatic heterocycles. The third-order valence-electron chi connectivity index (χ3n) is 11.0. The average Bonchev–Trinajstić information content (AvgIpc) is 3.08. The van der Waals surface area contributed by atoms with Crippen LogP contribution in [0.3, 0.4) is 0 Å². The van der Waals surface area contributed by atoms with Gasteiger partial charge in [-0.2, -0.15) is 0 Å². The maximum Gasteiger partial charge on any atom is 0.137 e. The molecule has 0 aromatic rings. The van der Waals surface area contributed by atoms with Crippen molar-refractivity contribution in [3.63, 3.8) is 0 Å². The van der Waals surface area contributed by atoms with Crippen LogP contribution in [0.4, 0.5) is 0 Å². The van der Waals surface area contributed by atoms with Gasteiger partial charge in [0.15, 0.2) is 0 Å². The molecule has 0 aliphatic heterocycles. The monoisotopic (exact) mass is 444 g/mol. The Bertz CT molecular complexity index is 756. The van der Waals surface area contributed by atoms with Gasteiger partial charge in [0.2, 0.25) is 0 Å². The number of hydrogen-bond donors (Lipinski definition) is 2. The summed E-state index contributed by atoms with van der Waals surface area (Å²) in [6.45, 7) is 13.4. The van der Waals surface area contributed by atoms with Crippen LogP contribution in [-0.4, -0.2) is 27.7 Å². The SMILES string of the molecule is CC[C@]1(O)CC[C@@]2(C)C(=CC[C@H]3[C@@H]4CC[C@H]([C@H](C)CC[C@@H](O)C(C)C)[C@@]4(C)CC(=O)[C@@H]32)C1. The van der Waals surface area contributed by atoms with Crippen LogP contribution in [-0.2, 0) is 4.79 Å². The molecule has 4 aliphatic rings. The van der Waals surface area contributed by atoms with E-state index < -0.39 is 5.60 Å². The molecule has 4 aliphatic carbocycles. The number of carbonyl (C=O) groups is 1. The third kappa shape index (κ3) is 3.84. The van der Waals surface area contributed by atoms with Crippen LogP contribution in [0.5, 0.6) is 0 Å². The van der Waals surface area contributed by atoms with Gasteiger partial charge in [0.1, 0.15) is 5.78 Å². The summed E-state index contributed by atoms with van der Waals surface area (Å²) in [5.41, 5.74) is 0.866. The number of aliphatic hydroxyl groups excluding tert-OH is 1. The van der Waals surface area contributed by atoms with Gasteiger partial charge in [0, 0.05) is 12.3 Å². The molecule has 3 nitrogen and oxygen atoms in total. The van der Waals surface area contributed by atoms with Crippen molar-refractivity contribution in [3.05, 3.63) is 11.6 Å². The summed E-state index contributed by atoms with van der Waals surface area (Å²) in [5, 5.41) is 21.3. The lowest BCUT2D eigenvalue weighted by Crippen LogP contribution is -2.56. The predicted octanol–water partition coefficient (Wildman–Crippen LogP) is 6.32. The molecular formula is C29H48O3. The van der Waals surface area contributed by atoms with Crippen LogP contribution in [0.1, 0.15) is 106 Å². The molecule has 3 saturated carbocycles. The second kappa shape index (κ2) is 8.52. The molecule has 9 atom stereocenters. The van der Waals surface area contributed by atoms with Crippen molar-refractivity contribution in [1.29, 1.82) is 0 Å². The number of aliphatic hydroxyl groups is 2. The van der Waals surface area contributed by atoms with Crippen LogP contribution < -0.4 is 0 Å². The van der Waals surface area contributed by atoms with Gasteiger partial charge in [-0.1, -0.05) is 53.2 Å². The first-order chi connectivity index (χ1) is 14.9. The first-order valence-electron chi connectivity index (χ1n) is 13.6. The highest BCUT2D eigenvalue weighted by Crippen LogP contribution is 2.66. The summed E-state index contributed by atoms with van der Waals surface area (Å²) in [6, 6.07) is 0. The Hall–Kier alpha value is -0.670. The normalized spacial score (nSPS) is 45.7. The maximum atomic E-state index is 13.9. The second-order valence-electron chi connectivity index (χ2n) is 13.1. The Morgan fingerprint density at radius 3 is 2.47 bits per heavy atom. The number of rotatable bonds is 6. The number of carbonyl (C=O) groups excluding carboxylic acids is 1. The minimum atomic E-state index is -0.571. The van der Waals surface area contributed by atoms with Crippen molar-refractivity contribution >= 4 is 5.78 Å². The summed E-state index contributed by atoms with van der Waals surface area (Å²) in [7, 11) is 0. The summed E-state index contributed by atoms with van der Waals surface area (Å²) in [6.07, 6.45) is 11.8. The lowest BCUT2D eigenvalue weighted by Gasteiger charge is -2.58. The third-order valence-corrected chi connectivity index (χ3v) is 11.0. The summed E-state index contributed by atoms with van der Waals surface area (Å²) in [5.74, 6) is 3.23. The van der Waals surface area contributed by atoms with Crippen molar-refractivity contribution < 1.29 is 15.0 Å². The second-order valence-corrected chi connectivity index (χ2v) is 13.1. The van der Waals surface area contributed by atoms with E-state index in [-0.39, 0.29) is 22.9 Å². The Labute approximate surface area is 196 Å².